The van der Waals surface area contributed by atoms with Crippen LogP contribution in [0.25, 0.3) is 0 Å². The Bertz CT molecular complexity index is 241. The van der Waals surface area contributed by atoms with Gasteiger partial charge in [0.25, 0.3) is 10.1 Å². The summed E-state index contributed by atoms with van der Waals surface area (Å²) in [6.07, 6.45) is 0. The zero-order valence-electron chi connectivity index (χ0n) is 5.01. The van der Waals surface area contributed by atoms with E-state index in [1.807, 2.05) is 0 Å². The van der Waals surface area contributed by atoms with Gasteiger partial charge in [-0.15, -0.1) is 0 Å². The van der Waals surface area contributed by atoms with Crippen LogP contribution < -0.4 is 29.6 Å². The number of hydrogen-bond acceptors (Lipinski definition) is 5. The summed E-state index contributed by atoms with van der Waals surface area (Å²) in [6.45, 7) is 0. The molecule has 0 aliphatic carbocycles. The van der Waals surface area contributed by atoms with E-state index in [9.17, 15) is 21.4 Å². The zero-order chi connectivity index (χ0) is 7.71. The van der Waals surface area contributed by atoms with E-state index in [2.05, 4.69) is 0 Å². The van der Waals surface area contributed by atoms with Crippen molar-refractivity contribution in [2.24, 2.45) is 0 Å². The largest absolute Gasteiger partial charge is 1.00 e. The molecule has 0 rings (SSSR count). The SMILES string of the molecule is O=S(=O)([O-])CS(=O)(=O)O.[Na+]. The Morgan fingerprint density at radius 3 is 1.50 bits per heavy atom. The predicted molar refractivity (Wildman–Crippen MR) is 26.1 cm³/mol. The second-order valence-electron chi connectivity index (χ2n) is 1.26. The number of rotatable bonds is 2. The summed E-state index contributed by atoms with van der Waals surface area (Å²) in [7, 11) is -9.55. The summed E-state index contributed by atoms with van der Waals surface area (Å²) in [6, 6.07) is 0. The summed E-state index contributed by atoms with van der Waals surface area (Å²) in [5.74, 6) is 0. The minimum absolute atomic E-state index is 0. The van der Waals surface area contributed by atoms with Gasteiger partial charge in [-0.05, 0) is 0 Å². The van der Waals surface area contributed by atoms with E-state index >= 15 is 0 Å². The van der Waals surface area contributed by atoms with E-state index in [4.69, 9.17) is 4.55 Å². The van der Waals surface area contributed by atoms with Crippen LogP contribution in [0.15, 0.2) is 0 Å². The summed E-state index contributed by atoms with van der Waals surface area (Å²) in [4.78, 5) is 0. The molecule has 0 saturated carbocycles. The molecule has 0 fully saturated rings. The molecule has 0 amide bonds. The van der Waals surface area contributed by atoms with Gasteiger partial charge in [0.1, 0.15) is 10.1 Å². The summed E-state index contributed by atoms with van der Waals surface area (Å²) in [5, 5.41) is -1.76. The first-order valence-corrected chi connectivity index (χ1v) is 4.78. The molecule has 0 aliphatic heterocycles. The first-order valence-electron chi connectivity index (χ1n) is 1.59. The van der Waals surface area contributed by atoms with Gasteiger partial charge < -0.3 is 4.55 Å². The molecule has 0 bridgehead atoms. The van der Waals surface area contributed by atoms with Gasteiger partial charge in [0.05, 0.1) is 0 Å². The van der Waals surface area contributed by atoms with Crippen molar-refractivity contribution in [3.63, 3.8) is 0 Å². The Morgan fingerprint density at radius 1 is 1.20 bits per heavy atom. The normalized spacial score (nSPS) is 12.2. The molecule has 56 valence electrons. The molecule has 0 atom stereocenters. The van der Waals surface area contributed by atoms with Gasteiger partial charge in [-0.25, -0.2) is 8.42 Å². The molecule has 10 heavy (non-hydrogen) atoms. The van der Waals surface area contributed by atoms with Crippen LogP contribution in [0.4, 0.5) is 0 Å². The van der Waals surface area contributed by atoms with Crippen LogP contribution in [0.5, 0.6) is 0 Å². The molecular formula is CH3NaO6S2. The molecule has 9 heteroatoms. The molecule has 0 saturated heterocycles. The van der Waals surface area contributed by atoms with Crippen LogP contribution in [-0.2, 0) is 20.2 Å². The van der Waals surface area contributed by atoms with E-state index in [-0.39, 0.29) is 29.6 Å². The molecule has 0 unspecified atom stereocenters. The first-order chi connectivity index (χ1) is 3.71. The third-order valence-electron chi connectivity index (χ3n) is 0.293. The summed E-state index contributed by atoms with van der Waals surface area (Å²) < 4.78 is 55.6. The molecule has 0 aromatic heterocycles. The average molecular weight is 198 g/mol. The van der Waals surface area contributed by atoms with Crippen molar-refractivity contribution in [2.45, 2.75) is 0 Å². The molecular weight excluding hydrogens is 195 g/mol. The van der Waals surface area contributed by atoms with Gasteiger partial charge in [-0.1, -0.05) is 0 Å². The zero-order valence-corrected chi connectivity index (χ0v) is 8.65. The third-order valence-corrected chi connectivity index (χ3v) is 2.64. The average Bonchev–Trinajstić information content (AvgIpc) is 1.14. The van der Waals surface area contributed by atoms with Crippen LogP contribution in [0.1, 0.15) is 0 Å². The van der Waals surface area contributed by atoms with Crippen molar-refractivity contribution in [2.75, 3.05) is 5.08 Å². The monoisotopic (exact) mass is 198 g/mol. The van der Waals surface area contributed by atoms with Crippen molar-refractivity contribution in [1.82, 2.24) is 0 Å². The van der Waals surface area contributed by atoms with E-state index < -0.39 is 25.3 Å². The van der Waals surface area contributed by atoms with E-state index in [1.165, 1.54) is 0 Å². The molecule has 0 spiro atoms. The molecule has 1 N–H and O–H groups in total. The van der Waals surface area contributed by atoms with Gasteiger partial charge in [-0.2, -0.15) is 8.42 Å². The maximum absolute atomic E-state index is 9.62. The van der Waals surface area contributed by atoms with Crippen molar-refractivity contribution in [3.05, 3.63) is 0 Å². The van der Waals surface area contributed by atoms with Crippen LogP contribution in [-0.4, -0.2) is 31.0 Å². The van der Waals surface area contributed by atoms with Crippen LogP contribution in [0, 0.1) is 0 Å². The van der Waals surface area contributed by atoms with Gasteiger partial charge in [0, 0.05) is 0 Å². The van der Waals surface area contributed by atoms with Crippen molar-refractivity contribution in [1.29, 1.82) is 0 Å². The summed E-state index contributed by atoms with van der Waals surface area (Å²) in [5.41, 5.74) is 0. The molecule has 0 aromatic rings. The Kier molecular flexibility index (Phi) is 5.36. The smallest absolute Gasteiger partial charge is 0.747 e. The van der Waals surface area contributed by atoms with Gasteiger partial charge in [0.15, 0.2) is 5.08 Å². The molecule has 6 nitrogen and oxygen atoms in total. The van der Waals surface area contributed by atoms with E-state index in [0.29, 0.717) is 0 Å². The van der Waals surface area contributed by atoms with Crippen molar-refractivity contribution in [3.8, 4) is 0 Å². The second kappa shape index (κ2) is 4.00. The van der Waals surface area contributed by atoms with E-state index in [1.54, 1.807) is 0 Å². The molecule has 0 heterocycles. The van der Waals surface area contributed by atoms with Crippen molar-refractivity contribution >= 4 is 20.2 Å². The van der Waals surface area contributed by atoms with Crippen LogP contribution >= 0.6 is 0 Å². The van der Waals surface area contributed by atoms with Gasteiger partial charge in [-0.3, -0.25) is 4.55 Å². The molecule has 0 aliphatic rings. The van der Waals surface area contributed by atoms with Crippen LogP contribution in [0.3, 0.4) is 0 Å². The Hall–Kier alpha value is 0.820. The fourth-order valence-corrected chi connectivity index (χ4v) is 1.64. The fraction of sp³-hybridized carbons (Fsp3) is 1.00. The number of hydrogen-bond donors (Lipinski definition) is 1. The van der Waals surface area contributed by atoms with E-state index in [0.717, 1.165) is 0 Å². The maximum Gasteiger partial charge on any atom is 1.00 e. The van der Waals surface area contributed by atoms with Gasteiger partial charge >= 0.3 is 29.6 Å². The topological polar surface area (TPSA) is 112 Å². The maximum atomic E-state index is 9.62. The minimum Gasteiger partial charge on any atom is -0.747 e. The predicted octanol–water partition coefficient (Wildman–Crippen LogP) is -4.62. The molecule has 0 radical (unpaired) electrons. The summed E-state index contributed by atoms with van der Waals surface area (Å²) >= 11 is 0. The second-order valence-corrected chi connectivity index (χ2v) is 4.48. The minimum atomic E-state index is -4.87. The van der Waals surface area contributed by atoms with Crippen LogP contribution in [0.2, 0.25) is 0 Å². The Labute approximate surface area is 80.4 Å². The molecule has 0 aromatic carbocycles. The fourth-order valence-electron chi connectivity index (χ4n) is 0.182. The standard InChI is InChI=1S/CH4O6S2.Na/c2-8(3,4)1-9(5,6)7;/h1H2,(H,2,3,4)(H,5,6,7);/q;+1/p-1. The van der Waals surface area contributed by atoms with Crippen molar-refractivity contribution < 1.29 is 55.5 Å². The third kappa shape index (κ3) is 11.6. The quantitative estimate of drug-likeness (QED) is 0.353. The Morgan fingerprint density at radius 2 is 1.50 bits per heavy atom. The first kappa shape index (κ1) is 13.4. The van der Waals surface area contributed by atoms with Gasteiger partial charge in [0.2, 0.25) is 0 Å². The Balaban J connectivity index is 0.